The van der Waals surface area contributed by atoms with E-state index in [4.69, 9.17) is 0 Å². The van der Waals surface area contributed by atoms with Crippen LogP contribution in [0.2, 0.25) is 0 Å². The van der Waals surface area contributed by atoms with Crippen molar-refractivity contribution in [1.29, 1.82) is 0 Å². The van der Waals surface area contributed by atoms with Crippen molar-refractivity contribution in [2.75, 3.05) is 13.1 Å². The molecule has 1 saturated heterocycles. The van der Waals surface area contributed by atoms with E-state index in [9.17, 15) is 4.39 Å². The molecule has 1 aliphatic rings. The fraction of sp³-hybridized carbons (Fsp3) is 0.462. The highest BCUT2D eigenvalue weighted by Gasteiger charge is 2.19. The molecule has 18 heavy (non-hydrogen) atoms. The van der Waals surface area contributed by atoms with Gasteiger partial charge in [0, 0.05) is 12.1 Å². The largest absolute Gasteiger partial charge is 0.325 e. The van der Waals surface area contributed by atoms with Gasteiger partial charge in [0.15, 0.2) is 0 Å². The average molecular weight is 270 g/mol. The van der Waals surface area contributed by atoms with Crippen LogP contribution in [0.1, 0.15) is 24.7 Å². The number of halogens is 2. The zero-order chi connectivity index (χ0) is 11.8. The van der Waals surface area contributed by atoms with Crippen molar-refractivity contribution >= 4 is 23.4 Å². The molecule has 0 saturated carbocycles. The summed E-state index contributed by atoms with van der Waals surface area (Å²) in [7, 11) is 0. The van der Waals surface area contributed by atoms with E-state index in [2.05, 4.69) is 14.9 Å². The molecule has 5 heteroatoms. The molecule has 0 aliphatic carbocycles. The van der Waals surface area contributed by atoms with Crippen LogP contribution in [-0.2, 0) is 0 Å². The van der Waals surface area contributed by atoms with Gasteiger partial charge in [-0.2, -0.15) is 0 Å². The first-order valence-electron chi connectivity index (χ1n) is 6.10. The number of hydrogen-bond donors (Lipinski definition) is 1. The highest BCUT2D eigenvalue weighted by molar-refractivity contribution is 5.85. The van der Waals surface area contributed by atoms with Gasteiger partial charge < -0.3 is 9.88 Å². The molecule has 3 nitrogen and oxygen atoms in total. The summed E-state index contributed by atoms with van der Waals surface area (Å²) < 4.78 is 15.4. The third-order valence-electron chi connectivity index (χ3n) is 3.50. The number of nitrogens with zero attached hydrogens (tertiary/aromatic N) is 2. The van der Waals surface area contributed by atoms with Gasteiger partial charge in [0.05, 0.1) is 11.0 Å². The molecule has 0 atom stereocenters. The number of aryl methyl sites for hydroxylation is 1. The summed E-state index contributed by atoms with van der Waals surface area (Å²) in [6.45, 7) is 4.09. The number of rotatable bonds is 1. The van der Waals surface area contributed by atoms with Crippen LogP contribution in [0.5, 0.6) is 0 Å². The third kappa shape index (κ3) is 2.22. The van der Waals surface area contributed by atoms with Gasteiger partial charge in [-0.05, 0) is 45.0 Å². The lowest BCUT2D eigenvalue weighted by Crippen LogP contribution is -2.29. The number of aromatic nitrogens is 2. The van der Waals surface area contributed by atoms with Crippen molar-refractivity contribution in [2.45, 2.75) is 25.8 Å². The van der Waals surface area contributed by atoms with Crippen LogP contribution in [0.15, 0.2) is 18.2 Å². The van der Waals surface area contributed by atoms with E-state index >= 15 is 0 Å². The summed E-state index contributed by atoms with van der Waals surface area (Å²) >= 11 is 0. The number of fused-ring (bicyclic) bond motifs is 1. The molecule has 3 rings (SSSR count). The molecule has 2 aromatic rings. The second-order valence-corrected chi connectivity index (χ2v) is 4.64. The molecule has 0 amide bonds. The summed E-state index contributed by atoms with van der Waals surface area (Å²) in [6.07, 6.45) is 2.23. The molecular weight excluding hydrogens is 253 g/mol. The van der Waals surface area contributed by atoms with Crippen LogP contribution >= 0.6 is 12.4 Å². The zero-order valence-electron chi connectivity index (χ0n) is 10.3. The molecule has 2 heterocycles. The summed E-state index contributed by atoms with van der Waals surface area (Å²) in [6, 6.07) is 5.36. The summed E-state index contributed by atoms with van der Waals surface area (Å²) in [5.74, 6) is 0.768. The van der Waals surface area contributed by atoms with E-state index in [1.54, 1.807) is 0 Å². The van der Waals surface area contributed by atoms with Crippen LogP contribution < -0.4 is 5.32 Å². The maximum atomic E-state index is 13.2. The van der Waals surface area contributed by atoms with E-state index in [1.165, 1.54) is 12.1 Å². The van der Waals surface area contributed by atoms with E-state index < -0.39 is 0 Å². The predicted octanol–water partition coefficient (Wildman–Crippen LogP) is 2.83. The van der Waals surface area contributed by atoms with Gasteiger partial charge >= 0.3 is 0 Å². The van der Waals surface area contributed by atoms with Crippen LogP contribution in [-0.4, -0.2) is 22.6 Å². The second kappa shape index (κ2) is 5.24. The summed E-state index contributed by atoms with van der Waals surface area (Å²) in [4.78, 5) is 4.45. The van der Waals surface area contributed by atoms with Crippen molar-refractivity contribution in [3.63, 3.8) is 0 Å². The molecular formula is C13H17ClFN3. The molecule has 98 valence electrons. The van der Waals surface area contributed by atoms with E-state index in [0.29, 0.717) is 6.04 Å². The molecule has 0 bridgehead atoms. The fourth-order valence-electron chi connectivity index (χ4n) is 2.72. The van der Waals surface area contributed by atoms with Gasteiger partial charge in [0.25, 0.3) is 0 Å². The maximum absolute atomic E-state index is 13.2. The van der Waals surface area contributed by atoms with Gasteiger partial charge in [-0.3, -0.25) is 0 Å². The van der Waals surface area contributed by atoms with Gasteiger partial charge in [0.1, 0.15) is 11.6 Å². The standard InChI is InChI=1S/C13H16FN3.ClH/c1-9-16-12-8-10(14)2-3-13(12)17(9)11-4-6-15-7-5-11;/h2-3,8,11,15H,4-7H2,1H3;1H. The van der Waals surface area contributed by atoms with Crippen LogP contribution in [0.3, 0.4) is 0 Å². The Labute approximate surface area is 112 Å². The van der Waals surface area contributed by atoms with Crippen LogP contribution in [0.4, 0.5) is 4.39 Å². The maximum Gasteiger partial charge on any atom is 0.125 e. The molecule has 0 spiro atoms. The predicted molar refractivity (Wildman–Crippen MR) is 72.8 cm³/mol. The SMILES string of the molecule is Cc1nc2cc(F)ccc2n1C1CCNCC1.Cl. The smallest absolute Gasteiger partial charge is 0.125 e. The first-order valence-corrected chi connectivity index (χ1v) is 6.10. The van der Waals surface area contributed by atoms with Gasteiger partial charge in [-0.25, -0.2) is 9.37 Å². The molecule has 1 N–H and O–H groups in total. The Hall–Kier alpha value is -1.13. The molecule has 1 aliphatic heterocycles. The average Bonchev–Trinajstić information content (AvgIpc) is 2.65. The minimum atomic E-state index is -0.215. The van der Waals surface area contributed by atoms with Crippen molar-refractivity contribution in [3.8, 4) is 0 Å². The summed E-state index contributed by atoms with van der Waals surface area (Å²) in [5.41, 5.74) is 1.82. The molecule has 0 unspecified atom stereocenters. The topological polar surface area (TPSA) is 29.9 Å². The minimum Gasteiger partial charge on any atom is -0.325 e. The van der Waals surface area contributed by atoms with Crippen molar-refractivity contribution < 1.29 is 4.39 Å². The molecule has 1 fully saturated rings. The number of imidazole rings is 1. The van der Waals surface area contributed by atoms with Gasteiger partial charge in [0.2, 0.25) is 0 Å². The molecule has 1 aromatic carbocycles. The first-order chi connectivity index (χ1) is 8.25. The Morgan fingerprint density at radius 3 is 2.78 bits per heavy atom. The quantitative estimate of drug-likeness (QED) is 0.863. The van der Waals surface area contributed by atoms with Gasteiger partial charge in [-0.1, -0.05) is 0 Å². The minimum absolute atomic E-state index is 0. The normalized spacial score (nSPS) is 16.8. The summed E-state index contributed by atoms with van der Waals surface area (Å²) in [5, 5.41) is 3.36. The molecule has 1 aromatic heterocycles. The molecule has 0 radical (unpaired) electrons. The number of hydrogen-bond acceptors (Lipinski definition) is 2. The van der Waals surface area contributed by atoms with Gasteiger partial charge in [-0.15, -0.1) is 12.4 Å². The Morgan fingerprint density at radius 1 is 1.33 bits per heavy atom. The van der Waals surface area contributed by atoms with E-state index in [1.807, 2.05) is 13.0 Å². The second-order valence-electron chi connectivity index (χ2n) is 4.64. The Balaban J connectivity index is 0.00000120. The van der Waals surface area contributed by atoms with Crippen molar-refractivity contribution in [1.82, 2.24) is 14.9 Å². The lowest BCUT2D eigenvalue weighted by Gasteiger charge is -2.25. The highest BCUT2D eigenvalue weighted by Crippen LogP contribution is 2.26. The van der Waals surface area contributed by atoms with Crippen molar-refractivity contribution in [3.05, 3.63) is 29.8 Å². The zero-order valence-corrected chi connectivity index (χ0v) is 11.1. The highest BCUT2D eigenvalue weighted by atomic mass is 35.5. The van der Waals surface area contributed by atoms with Crippen LogP contribution in [0.25, 0.3) is 11.0 Å². The Morgan fingerprint density at radius 2 is 2.06 bits per heavy atom. The number of piperidine rings is 1. The Bertz CT molecular complexity index is 546. The van der Waals surface area contributed by atoms with E-state index in [-0.39, 0.29) is 18.2 Å². The first kappa shape index (κ1) is 13.3. The monoisotopic (exact) mass is 269 g/mol. The van der Waals surface area contributed by atoms with Crippen molar-refractivity contribution in [2.24, 2.45) is 0 Å². The fourth-order valence-corrected chi connectivity index (χ4v) is 2.72. The van der Waals surface area contributed by atoms with E-state index in [0.717, 1.165) is 42.8 Å². The van der Waals surface area contributed by atoms with Crippen LogP contribution in [0, 0.1) is 12.7 Å². The Kier molecular flexibility index (Phi) is 3.88. The number of benzene rings is 1. The number of nitrogens with one attached hydrogen (secondary N) is 1. The lowest BCUT2D eigenvalue weighted by atomic mass is 10.1. The lowest BCUT2D eigenvalue weighted by molar-refractivity contribution is 0.370. The third-order valence-corrected chi connectivity index (χ3v) is 3.50.